The number of benzene rings is 1. The average Bonchev–Trinajstić information content (AvgIpc) is 2.81. The first kappa shape index (κ1) is 11.6. The summed E-state index contributed by atoms with van der Waals surface area (Å²) in [6, 6.07) is 11.9. The molecule has 0 aliphatic carbocycles. The zero-order valence-electron chi connectivity index (χ0n) is 10.1. The lowest BCUT2D eigenvalue weighted by Crippen LogP contribution is -2.33. The van der Waals surface area contributed by atoms with Gasteiger partial charge in [-0.3, -0.25) is 0 Å². The molecule has 16 heavy (non-hydrogen) atoms. The summed E-state index contributed by atoms with van der Waals surface area (Å²) in [6.07, 6.45) is 3.93. The molecule has 1 saturated heterocycles. The first-order valence-corrected chi connectivity index (χ1v) is 6.35. The molecule has 1 heterocycles. The van der Waals surface area contributed by atoms with Crippen molar-refractivity contribution in [1.82, 2.24) is 10.6 Å². The van der Waals surface area contributed by atoms with E-state index in [0.29, 0.717) is 6.04 Å². The number of nitrogens with one attached hydrogen (secondary N) is 2. The van der Waals surface area contributed by atoms with Gasteiger partial charge < -0.3 is 10.6 Å². The quantitative estimate of drug-likeness (QED) is 0.792. The molecule has 0 saturated carbocycles. The van der Waals surface area contributed by atoms with Crippen LogP contribution >= 0.6 is 0 Å². The summed E-state index contributed by atoms with van der Waals surface area (Å²) in [6.45, 7) is 4.47. The lowest BCUT2D eigenvalue weighted by Gasteiger charge is -2.18. The van der Waals surface area contributed by atoms with Gasteiger partial charge in [-0.2, -0.15) is 0 Å². The van der Waals surface area contributed by atoms with Gasteiger partial charge in [0.05, 0.1) is 0 Å². The second-order valence-electron chi connectivity index (χ2n) is 4.80. The predicted octanol–water partition coefficient (Wildman–Crippen LogP) is 2.31. The van der Waals surface area contributed by atoms with Gasteiger partial charge in [-0.05, 0) is 38.3 Å². The number of hydrogen-bond acceptors (Lipinski definition) is 2. The van der Waals surface area contributed by atoms with Gasteiger partial charge in [0.2, 0.25) is 0 Å². The summed E-state index contributed by atoms with van der Waals surface area (Å²) in [5.41, 5.74) is 1.37. The highest BCUT2D eigenvalue weighted by molar-refractivity contribution is 5.14. The molecule has 2 unspecified atom stereocenters. The minimum atomic E-state index is 0.593. The Balaban J connectivity index is 1.69. The van der Waals surface area contributed by atoms with E-state index < -0.39 is 0 Å². The van der Waals surface area contributed by atoms with Crippen molar-refractivity contribution in [2.45, 2.75) is 44.8 Å². The van der Waals surface area contributed by atoms with Crippen LogP contribution in [0.1, 0.15) is 31.7 Å². The van der Waals surface area contributed by atoms with Crippen LogP contribution in [0.4, 0.5) is 0 Å². The summed E-state index contributed by atoms with van der Waals surface area (Å²) >= 11 is 0. The van der Waals surface area contributed by atoms with Gasteiger partial charge in [0, 0.05) is 18.6 Å². The summed E-state index contributed by atoms with van der Waals surface area (Å²) in [5, 5.41) is 7.13. The molecular formula is C14H22N2. The third-order valence-corrected chi connectivity index (χ3v) is 3.30. The topological polar surface area (TPSA) is 24.1 Å². The van der Waals surface area contributed by atoms with Crippen LogP contribution in [0.5, 0.6) is 0 Å². The van der Waals surface area contributed by atoms with Crippen molar-refractivity contribution in [2.24, 2.45) is 0 Å². The zero-order valence-corrected chi connectivity index (χ0v) is 10.1. The number of hydrogen-bond donors (Lipinski definition) is 2. The van der Waals surface area contributed by atoms with Gasteiger partial charge in [-0.25, -0.2) is 0 Å². The Morgan fingerprint density at radius 3 is 2.88 bits per heavy atom. The van der Waals surface area contributed by atoms with Crippen LogP contribution in [-0.4, -0.2) is 18.6 Å². The van der Waals surface area contributed by atoms with Crippen molar-refractivity contribution in [2.75, 3.05) is 6.54 Å². The molecule has 1 aliphatic rings. The first-order chi connectivity index (χ1) is 7.84. The smallest absolute Gasteiger partial charge is 0.0207 e. The van der Waals surface area contributed by atoms with Crippen LogP contribution in [-0.2, 0) is 6.54 Å². The van der Waals surface area contributed by atoms with Gasteiger partial charge in [0.15, 0.2) is 0 Å². The Labute approximate surface area is 98.4 Å². The maximum atomic E-state index is 3.59. The van der Waals surface area contributed by atoms with Crippen LogP contribution in [0.2, 0.25) is 0 Å². The Bertz CT molecular complexity index is 291. The highest BCUT2D eigenvalue weighted by Gasteiger charge is 2.16. The minimum absolute atomic E-state index is 0.593. The van der Waals surface area contributed by atoms with Crippen LogP contribution in [0.3, 0.4) is 0 Å². The molecular weight excluding hydrogens is 196 g/mol. The zero-order chi connectivity index (χ0) is 11.2. The Kier molecular flexibility index (Phi) is 4.37. The predicted molar refractivity (Wildman–Crippen MR) is 68.4 cm³/mol. The molecule has 0 radical (unpaired) electrons. The molecule has 0 spiro atoms. The van der Waals surface area contributed by atoms with Crippen molar-refractivity contribution < 1.29 is 0 Å². The standard InChI is InChI=1S/C14H22N2/c1-12(10-14-8-5-9-15-14)16-11-13-6-3-2-4-7-13/h2-4,6-7,12,14-16H,5,8-11H2,1H3. The average molecular weight is 218 g/mol. The van der Waals surface area contributed by atoms with E-state index in [-0.39, 0.29) is 0 Å². The van der Waals surface area contributed by atoms with Crippen LogP contribution < -0.4 is 10.6 Å². The van der Waals surface area contributed by atoms with Crippen molar-refractivity contribution in [3.05, 3.63) is 35.9 Å². The summed E-state index contributed by atoms with van der Waals surface area (Å²) < 4.78 is 0. The van der Waals surface area contributed by atoms with Gasteiger partial charge in [0.1, 0.15) is 0 Å². The third kappa shape index (κ3) is 3.62. The molecule has 0 bridgehead atoms. The largest absolute Gasteiger partial charge is 0.314 e. The van der Waals surface area contributed by atoms with Crippen molar-refractivity contribution in [1.29, 1.82) is 0 Å². The molecule has 2 rings (SSSR count). The normalized spacial score (nSPS) is 22.2. The Morgan fingerprint density at radius 1 is 1.38 bits per heavy atom. The molecule has 88 valence electrons. The van der Waals surface area contributed by atoms with Crippen molar-refractivity contribution >= 4 is 0 Å². The van der Waals surface area contributed by atoms with Gasteiger partial charge in [-0.15, -0.1) is 0 Å². The SMILES string of the molecule is CC(CC1CCCN1)NCc1ccccc1. The molecule has 1 aliphatic heterocycles. The molecule has 1 aromatic rings. The van der Waals surface area contributed by atoms with Crippen LogP contribution in [0.25, 0.3) is 0 Å². The van der Waals surface area contributed by atoms with E-state index in [1.807, 2.05) is 0 Å². The monoisotopic (exact) mass is 218 g/mol. The van der Waals surface area contributed by atoms with Crippen molar-refractivity contribution in [3.8, 4) is 0 Å². The lowest BCUT2D eigenvalue weighted by molar-refractivity contribution is 0.440. The molecule has 1 aromatic carbocycles. The highest BCUT2D eigenvalue weighted by Crippen LogP contribution is 2.11. The fourth-order valence-electron chi connectivity index (χ4n) is 2.36. The third-order valence-electron chi connectivity index (χ3n) is 3.30. The molecule has 2 nitrogen and oxygen atoms in total. The van der Waals surface area contributed by atoms with E-state index in [0.717, 1.165) is 12.6 Å². The van der Waals surface area contributed by atoms with Gasteiger partial charge >= 0.3 is 0 Å². The second-order valence-corrected chi connectivity index (χ2v) is 4.80. The fraction of sp³-hybridized carbons (Fsp3) is 0.571. The van der Waals surface area contributed by atoms with E-state index in [4.69, 9.17) is 0 Å². The second kappa shape index (κ2) is 6.02. The summed E-state index contributed by atoms with van der Waals surface area (Å²) in [4.78, 5) is 0. The number of rotatable bonds is 5. The van der Waals surface area contributed by atoms with Crippen LogP contribution in [0.15, 0.2) is 30.3 Å². The molecule has 1 fully saturated rings. The highest BCUT2D eigenvalue weighted by atomic mass is 15.0. The van der Waals surface area contributed by atoms with Crippen molar-refractivity contribution in [3.63, 3.8) is 0 Å². The maximum absolute atomic E-state index is 3.59. The van der Waals surface area contributed by atoms with E-state index in [9.17, 15) is 0 Å². The van der Waals surface area contributed by atoms with E-state index in [1.54, 1.807) is 0 Å². The maximum Gasteiger partial charge on any atom is 0.0207 e. The molecule has 0 aromatic heterocycles. The van der Waals surface area contributed by atoms with Gasteiger partial charge in [0.25, 0.3) is 0 Å². The molecule has 0 amide bonds. The van der Waals surface area contributed by atoms with E-state index >= 15 is 0 Å². The fourth-order valence-corrected chi connectivity index (χ4v) is 2.36. The Hall–Kier alpha value is -0.860. The van der Waals surface area contributed by atoms with Gasteiger partial charge in [-0.1, -0.05) is 30.3 Å². The van der Waals surface area contributed by atoms with Crippen LogP contribution in [0, 0.1) is 0 Å². The summed E-state index contributed by atoms with van der Waals surface area (Å²) in [7, 11) is 0. The Morgan fingerprint density at radius 2 is 2.19 bits per heavy atom. The molecule has 2 N–H and O–H groups in total. The first-order valence-electron chi connectivity index (χ1n) is 6.35. The molecule has 2 atom stereocenters. The lowest BCUT2D eigenvalue weighted by atomic mass is 10.1. The van der Waals surface area contributed by atoms with E-state index in [2.05, 4.69) is 47.9 Å². The minimum Gasteiger partial charge on any atom is -0.314 e. The molecule has 2 heteroatoms. The van der Waals surface area contributed by atoms with E-state index in [1.165, 1.54) is 31.4 Å². The summed E-state index contributed by atoms with van der Waals surface area (Å²) in [5.74, 6) is 0.